The topological polar surface area (TPSA) is 58.2 Å². The highest BCUT2D eigenvalue weighted by atomic mass is 32.2. The first kappa shape index (κ1) is 13.3. The summed E-state index contributed by atoms with van der Waals surface area (Å²) in [7, 11) is 1.59. The number of nitrogens with one attached hydrogen (secondary N) is 2. The Morgan fingerprint density at radius 2 is 1.86 bits per heavy atom. The largest absolute Gasteiger partial charge is 0.358 e. The maximum absolute atomic E-state index is 11.1. The van der Waals surface area contributed by atoms with E-state index in [9.17, 15) is 9.59 Å². The average molecular weight is 218 g/mol. The van der Waals surface area contributed by atoms with Gasteiger partial charge in [-0.05, 0) is 6.42 Å². The van der Waals surface area contributed by atoms with Gasteiger partial charge in [0.2, 0.25) is 11.8 Å². The van der Waals surface area contributed by atoms with Crippen LogP contribution in [0.3, 0.4) is 0 Å². The maximum atomic E-state index is 11.1. The number of rotatable bonds is 7. The Kier molecular flexibility index (Phi) is 8.42. The molecule has 0 spiro atoms. The molecule has 0 unspecified atom stereocenters. The molecule has 0 aliphatic heterocycles. The third-order valence-corrected chi connectivity index (χ3v) is 2.53. The fourth-order valence-electron chi connectivity index (χ4n) is 0.764. The smallest absolute Gasteiger partial charge is 0.230 e. The molecule has 0 bridgehead atoms. The van der Waals surface area contributed by atoms with E-state index in [0.717, 1.165) is 19.4 Å². The highest BCUT2D eigenvalue weighted by Gasteiger charge is 2.02. The Hall–Kier alpha value is -0.710. The Labute approximate surface area is 89.2 Å². The van der Waals surface area contributed by atoms with Crippen LogP contribution in [0.5, 0.6) is 0 Å². The summed E-state index contributed by atoms with van der Waals surface area (Å²) in [5.41, 5.74) is 0. The van der Waals surface area contributed by atoms with Crippen LogP contribution in [-0.2, 0) is 9.59 Å². The van der Waals surface area contributed by atoms with Gasteiger partial charge in [-0.3, -0.25) is 9.59 Å². The summed E-state index contributed by atoms with van der Waals surface area (Å²) in [6, 6.07) is 0. The molecule has 0 radical (unpaired) electrons. The summed E-state index contributed by atoms with van der Waals surface area (Å²) in [5, 5.41) is 5.28. The van der Waals surface area contributed by atoms with Crippen molar-refractivity contribution in [3.63, 3.8) is 0 Å². The van der Waals surface area contributed by atoms with E-state index in [4.69, 9.17) is 0 Å². The second-order valence-corrected chi connectivity index (χ2v) is 3.86. The molecule has 4 nitrogen and oxygen atoms in total. The van der Waals surface area contributed by atoms with E-state index in [1.165, 1.54) is 11.8 Å². The van der Waals surface area contributed by atoms with Gasteiger partial charge in [0.1, 0.15) is 0 Å². The Bertz CT molecular complexity index is 186. The second kappa shape index (κ2) is 8.87. The summed E-state index contributed by atoms with van der Waals surface area (Å²) in [4.78, 5) is 21.9. The first-order valence-corrected chi connectivity index (χ1v) is 5.91. The summed E-state index contributed by atoms with van der Waals surface area (Å²) in [6.07, 6.45) is 2.08. The number of amides is 2. The van der Waals surface area contributed by atoms with Crippen molar-refractivity contribution in [1.29, 1.82) is 0 Å². The zero-order chi connectivity index (χ0) is 10.8. The average Bonchev–Trinajstić information content (AvgIpc) is 2.18. The minimum absolute atomic E-state index is 0.00681. The molecule has 0 fully saturated rings. The normalized spacial score (nSPS) is 9.57. The molecule has 0 rings (SSSR count). The summed E-state index contributed by atoms with van der Waals surface area (Å²) in [5.74, 6) is 0.665. The van der Waals surface area contributed by atoms with Crippen molar-refractivity contribution < 1.29 is 9.59 Å². The van der Waals surface area contributed by atoms with Gasteiger partial charge >= 0.3 is 0 Å². The van der Waals surface area contributed by atoms with Crippen LogP contribution in [0.15, 0.2) is 0 Å². The minimum atomic E-state index is -0.0450. The first-order valence-electron chi connectivity index (χ1n) is 4.75. The monoisotopic (exact) mass is 218 g/mol. The van der Waals surface area contributed by atoms with Gasteiger partial charge in [0, 0.05) is 13.6 Å². The molecule has 0 aliphatic carbocycles. The van der Waals surface area contributed by atoms with Gasteiger partial charge in [0.15, 0.2) is 0 Å². The van der Waals surface area contributed by atoms with Gasteiger partial charge in [-0.15, -0.1) is 11.8 Å². The summed E-state index contributed by atoms with van der Waals surface area (Å²) >= 11 is 1.33. The van der Waals surface area contributed by atoms with Crippen LogP contribution < -0.4 is 10.6 Å². The standard InChI is InChI=1S/C9H18N2O2S/c1-3-4-5-11-9(13)7-14-6-8(12)10-2/h3-7H2,1-2H3,(H,10,12)(H,11,13). The maximum Gasteiger partial charge on any atom is 0.230 e. The molecule has 0 aromatic rings. The number of hydrogen-bond acceptors (Lipinski definition) is 3. The van der Waals surface area contributed by atoms with Crippen LogP contribution in [0.25, 0.3) is 0 Å². The van der Waals surface area contributed by atoms with E-state index < -0.39 is 0 Å². The van der Waals surface area contributed by atoms with Crippen molar-refractivity contribution in [3.8, 4) is 0 Å². The lowest BCUT2D eigenvalue weighted by molar-refractivity contribution is -0.118. The predicted molar refractivity (Wildman–Crippen MR) is 59.3 cm³/mol. The molecule has 2 N–H and O–H groups in total. The quantitative estimate of drug-likeness (QED) is 0.607. The third kappa shape index (κ3) is 7.91. The molecule has 0 saturated carbocycles. The SMILES string of the molecule is CCCCNC(=O)CSCC(=O)NC. The van der Waals surface area contributed by atoms with Crippen LogP contribution in [0.1, 0.15) is 19.8 Å². The Morgan fingerprint density at radius 1 is 1.21 bits per heavy atom. The van der Waals surface area contributed by atoms with Gasteiger partial charge in [-0.2, -0.15) is 0 Å². The molecule has 0 aliphatic rings. The highest BCUT2D eigenvalue weighted by Crippen LogP contribution is 1.98. The van der Waals surface area contributed by atoms with E-state index in [0.29, 0.717) is 11.5 Å². The number of carbonyl (C=O) groups excluding carboxylic acids is 2. The molecule has 82 valence electrons. The van der Waals surface area contributed by atoms with Gasteiger partial charge in [0.25, 0.3) is 0 Å². The van der Waals surface area contributed by atoms with E-state index in [1.54, 1.807) is 7.05 Å². The van der Waals surface area contributed by atoms with Gasteiger partial charge in [-0.25, -0.2) is 0 Å². The number of unbranched alkanes of at least 4 members (excludes halogenated alkanes) is 1. The molecule has 14 heavy (non-hydrogen) atoms. The highest BCUT2D eigenvalue weighted by molar-refractivity contribution is 8.00. The zero-order valence-corrected chi connectivity index (χ0v) is 9.58. The summed E-state index contributed by atoms with van der Waals surface area (Å²) < 4.78 is 0. The first-order chi connectivity index (χ1) is 6.70. The van der Waals surface area contributed by atoms with Crippen molar-refractivity contribution in [2.75, 3.05) is 25.1 Å². The van der Waals surface area contributed by atoms with Crippen molar-refractivity contribution >= 4 is 23.6 Å². The van der Waals surface area contributed by atoms with E-state index in [-0.39, 0.29) is 11.8 Å². The van der Waals surface area contributed by atoms with Gasteiger partial charge in [0.05, 0.1) is 11.5 Å². The number of thioether (sulfide) groups is 1. The lowest BCUT2D eigenvalue weighted by Crippen LogP contribution is -2.27. The Morgan fingerprint density at radius 3 is 2.43 bits per heavy atom. The van der Waals surface area contributed by atoms with Crippen LogP contribution in [0.4, 0.5) is 0 Å². The molecule has 0 atom stereocenters. The lowest BCUT2D eigenvalue weighted by Gasteiger charge is -2.03. The molecule has 2 amide bonds. The predicted octanol–water partition coefficient (Wildman–Crippen LogP) is 0.382. The molecular weight excluding hydrogens is 200 g/mol. The molecular formula is C9H18N2O2S. The molecule has 5 heteroatoms. The van der Waals surface area contributed by atoms with E-state index in [2.05, 4.69) is 17.6 Å². The van der Waals surface area contributed by atoms with Crippen LogP contribution >= 0.6 is 11.8 Å². The number of carbonyl (C=O) groups is 2. The van der Waals surface area contributed by atoms with E-state index >= 15 is 0 Å². The second-order valence-electron chi connectivity index (χ2n) is 2.87. The molecule has 0 saturated heterocycles. The van der Waals surface area contributed by atoms with E-state index in [1.807, 2.05) is 0 Å². The van der Waals surface area contributed by atoms with Crippen LogP contribution in [0.2, 0.25) is 0 Å². The molecule has 0 aromatic heterocycles. The van der Waals surface area contributed by atoms with Crippen LogP contribution in [-0.4, -0.2) is 36.9 Å². The van der Waals surface area contributed by atoms with Gasteiger partial charge < -0.3 is 10.6 Å². The summed E-state index contributed by atoms with van der Waals surface area (Å²) in [6.45, 7) is 2.81. The van der Waals surface area contributed by atoms with Crippen LogP contribution in [0, 0.1) is 0 Å². The van der Waals surface area contributed by atoms with Crippen molar-refractivity contribution in [2.24, 2.45) is 0 Å². The third-order valence-electron chi connectivity index (χ3n) is 1.60. The molecule has 0 aromatic carbocycles. The fourth-order valence-corrected chi connectivity index (χ4v) is 1.48. The van der Waals surface area contributed by atoms with Crippen molar-refractivity contribution in [1.82, 2.24) is 10.6 Å². The van der Waals surface area contributed by atoms with Crippen molar-refractivity contribution in [2.45, 2.75) is 19.8 Å². The minimum Gasteiger partial charge on any atom is -0.358 e. The van der Waals surface area contributed by atoms with Crippen molar-refractivity contribution in [3.05, 3.63) is 0 Å². The molecule has 0 heterocycles. The zero-order valence-electron chi connectivity index (χ0n) is 8.76. The fraction of sp³-hybridized carbons (Fsp3) is 0.778. The van der Waals surface area contributed by atoms with Gasteiger partial charge in [-0.1, -0.05) is 13.3 Å². The Balaban J connectivity index is 3.31. The lowest BCUT2D eigenvalue weighted by atomic mass is 10.3. The number of hydrogen-bond donors (Lipinski definition) is 2.